The van der Waals surface area contributed by atoms with E-state index in [0.717, 1.165) is 0 Å². The molecule has 0 amide bonds. The van der Waals surface area contributed by atoms with Crippen molar-refractivity contribution in [2.75, 3.05) is 0 Å². The van der Waals surface area contributed by atoms with E-state index >= 15 is 0 Å². The lowest BCUT2D eigenvalue weighted by atomic mass is 10.5. The van der Waals surface area contributed by atoms with Crippen LogP contribution >= 0.6 is 0 Å². The fourth-order valence-electron chi connectivity index (χ4n) is 0.168. The van der Waals surface area contributed by atoms with Crippen LogP contribution in [-0.2, 0) is 0 Å². The van der Waals surface area contributed by atoms with E-state index in [1.54, 1.807) is 0 Å². The van der Waals surface area contributed by atoms with Crippen molar-refractivity contribution in [2.24, 2.45) is 0 Å². The molecule has 0 aromatic heterocycles. The van der Waals surface area contributed by atoms with Gasteiger partial charge in [0.1, 0.15) is 0 Å². The summed E-state index contributed by atoms with van der Waals surface area (Å²) in [5.41, 5.74) is 0. The molecule has 0 aromatic rings. The lowest BCUT2D eigenvalue weighted by Gasteiger charge is -1.85. The first-order valence-corrected chi connectivity index (χ1v) is 1.87. The Balaban J connectivity index is 3.34. The molecule has 0 aliphatic carbocycles. The van der Waals surface area contributed by atoms with Crippen LogP contribution in [0.3, 0.4) is 0 Å². The van der Waals surface area contributed by atoms with Crippen LogP contribution in [0.15, 0.2) is 12.2 Å². The van der Waals surface area contributed by atoms with Crippen molar-refractivity contribution in [3.8, 4) is 0 Å². The zero-order valence-corrected chi connectivity index (χ0v) is 3.82. The molecule has 0 N–H and O–H groups in total. The average Bonchev–Trinajstić information content (AvgIpc) is 1.61. The van der Waals surface area contributed by atoms with E-state index in [4.69, 9.17) is 0 Å². The van der Waals surface area contributed by atoms with Gasteiger partial charge in [0, 0.05) is 0 Å². The SMILES string of the molecule is FC(F)C=CC(F)F. The molecule has 8 heavy (non-hydrogen) atoms. The topological polar surface area (TPSA) is 0 Å². The summed E-state index contributed by atoms with van der Waals surface area (Å²) in [6.45, 7) is 0. The highest BCUT2D eigenvalue weighted by molar-refractivity contribution is 4.85. The number of halogens is 4. The van der Waals surface area contributed by atoms with Gasteiger partial charge in [-0.2, -0.15) is 0 Å². The van der Waals surface area contributed by atoms with Gasteiger partial charge in [-0.05, 0) is 12.2 Å². The van der Waals surface area contributed by atoms with Crippen LogP contribution in [0.2, 0.25) is 0 Å². The minimum atomic E-state index is -2.77. The lowest BCUT2D eigenvalue weighted by molar-refractivity contribution is 0.185. The standard InChI is InChI=1S/C4H4F4/c5-3(6)1-2-4(7)8/h1-4H. The summed E-state index contributed by atoms with van der Waals surface area (Å²) in [6.07, 6.45) is -5.23. The van der Waals surface area contributed by atoms with Gasteiger partial charge in [-0.1, -0.05) is 0 Å². The van der Waals surface area contributed by atoms with Crippen molar-refractivity contribution in [2.45, 2.75) is 12.9 Å². The molecule has 4 heteroatoms. The molecule has 0 atom stereocenters. The molecule has 0 radical (unpaired) electrons. The van der Waals surface area contributed by atoms with Gasteiger partial charge in [-0.3, -0.25) is 0 Å². The maximum Gasteiger partial charge on any atom is 0.257 e. The largest absolute Gasteiger partial charge is 0.257 e. The van der Waals surface area contributed by atoms with Crippen LogP contribution in [0.5, 0.6) is 0 Å². The number of hydrogen-bond donors (Lipinski definition) is 0. The quantitative estimate of drug-likeness (QED) is 0.394. The predicted octanol–water partition coefficient (Wildman–Crippen LogP) is 2.07. The zero-order chi connectivity index (χ0) is 6.57. The maximum absolute atomic E-state index is 11.0. The van der Waals surface area contributed by atoms with Crippen molar-refractivity contribution in [3.05, 3.63) is 12.2 Å². The van der Waals surface area contributed by atoms with Gasteiger partial charge >= 0.3 is 0 Å². The van der Waals surface area contributed by atoms with Crippen LogP contribution < -0.4 is 0 Å². The van der Waals surface area contributed by atoms with Gasteiger partial charge < -0.3 is 0 Å². The van der Waals surface area contributed by atoms with Gasteiger partial charge in [0.2, 0.25) is 0 Å². The number of hydrogen-bond acceptors (Lipinski definition) is 0. The summed E-state index contributed by atoms with van der Waals surface area (Å²) in [5, 5.41) is 0. The molecule has 0 saturated heterocycles. The molecule has 0 nitrogen and oxygen atoms in total. The van der Waals surface area contributed by atoms with E-state index in [-0.39, 0.29) is 12.2 Å². The van der Waals surface area contributed by atoms with Crippen LogP contribution in [0.4, 0.5) is 17.6 Å². The smallest absolute Gasteiger partial charge is 0.206 e. The summed E-state index contributed by atoms with van der Waals surface area (Å²) < 4.78 is 43.9. The van der Waals surface area contributed by atoms with Crippen LogP contribution in [-0.4, -0.2) is 12.9 Å². The summed E-state index contributed by atoms with van der Waals surface area (Å²) in [4.78, 5) is 0. The third kappa shape index (κ3) is 5.46. The predicted molar refractivity (Wildman–Crippen MR) is 21.1 cm³/mol. The minimum Gasteiger partial charge on any atom is -0.206 e. The molecule has 0 aromatic carbocycles. The first-order chi connectivity index (χ1) is 3.63. The molecule has 0 rings (SSSR count). The van der Waals surface area contributed by atoms with Crippen molar-refractivity contribution >= 4 is 0 Å². The highest BCUT2D eigenvalue weighted by Gasteiger charge is 1.97. The summed E-state index contributed by atoms with van der Waals surface area (Å²) in [6, 6.07) is 0. The molecule has 48 valence electrons. The van der Waals surface area contributed by atoms with Gasteiger partial charge in [0.15, 0.2) is 0 Å². The molecule has 0 aliphatic heterocycles. The Hall–Kier alpha value is -0.540. The Kier molecular flexibility index (Phi) is 3.23. The molecule has 0 saturated carbocycles. The zero-order valence-electron chi connectivity index (χ0n) is 3.82. The van der Waals surface area contributed by atoms with Crippen molar-refractivity contribution in [1.29, 1.82) is 0 Å². The van der Waals surface area contributed by atoms with Gasteiger partial charge in [-0.25, -0.2) is 17.6 Å². The van der Waals surface area contributed by atoms with Crippen molar-refractivity contribution < 1.29 is 17.6 Å². The Bertz CT molecular complexity index is 66.1. The van der Waals surface area contributed by atoms with Gasteiger partial charge in [0.05, 0.1) is 0 Å². The highest BCUT2D eigenvalue weighted by Crippen LogP contribution is 1.98. The van der Waals surface area contributed by atoms with Crippen molar-refractivity contribution in [1.82, 2.24) is 0 Å². The molecule has 0 bridgehead atoms. The summed E-state index contributed by atoms with van der Waals surface area (Å²) in [5.74, 6) is 0. The van der Waals surface area contributed by atoms with E-state index < -0.39 is 12.9 Å². The average molecular weight is 128 g/mol. The first-order valence-electron chi connectivity index (χ1n) is 1.87. The molecule has 0 spiro atoms. The summed E-state index contributed by atoms with van der Waals surface area (Å²) >= 11 is 0. The van der Waals surface area contributed by atoms with E-state index in [2.05, 4.69) is 0 Å². The van der Waals surface area contributed by atoms with Gasteiger partial charge in [-0.15, -0.1) is 0 Å². The van der Waals surface area contributed by atoms with Crippen LogP contribution in [0.1, 0.15) is 0 Å². The van der Waals surface area contributed by atoms with E-state index in [0.29, 0.717) is 0 Å². The van der Waals surface area contributed by atoms with E-state index in [9.17, 15) is 17.6 Å². The second kappa shape index (κ2) is 3.46. The molecule has 0 aliphatic rings. The normalized spacial score (nSPS) is 12.2. The van der Waals surface area contributed by atoms with Crippen LogP contribution in [0.25, 0.3) is 0 Å². The first kappa shape index (κ1) is 7.46. The third-order valence-electron chi connectivity index (χ3n) is 0.402. The number of rotatable bonds is 2. The van der Waals surface area contributed by atoms with E-state index in [1.807, 2.05) is 0 Å². The molecular weight excluding hydrogens is 124 g/mol. The van der Waals surface area contributed by atoms with E-state index in [1.165, 1.54) is 0 Å². The summed E-state index contributed by atoms with van der Waals surface area (Å²) in [7, 11) is 0. The molecule has 0 heterocycles. The molecule has 0 fully saturated rings. The number of allylic oxidation sites excluding steroid dienone is 2. The Morgan fingerprint density at radius 1 is 0.750 bits per heavy atom. The number of alkyl halides is 4. The molecular formula is C4H4F4. The van der Waals surface area contributed by atoms with Gasteiger partial charge in [0.25, 0.3) is 12.9 Å². The fourth-order valence-corrected chi connectivity index (χ4v) is 0.168. The second-order valence-electron chi connectivity index (χ2n) is 1.05. The molecule has 0 unspecified atom stereocenters. The third-order valence-corrected chi connectivity index (χ3v) is 0.402. The fraction of sp³-hybridized carbons (Fsp3) is 0.500. The Morgan fingerprint density at radius 3 is 1.12 bits per heavy atom. The van der Waals surface area contributed by atoms with Crippen molar-refractivity contribution in [3.63, 3.8) is 0 Å². The highest BCUT2D eigenvalue weighted by atomic mass is 19.3. The van der Waals surface area contributed by atoms with Crippen LogP contribution in [0, 0.1) is 0 Å². The maximum atomic E-state index is 11.0. The Labute approximate surface area is 43.8 Å². The Morgan fingerprint density at radius 2 is 1.00 bits per heavy atom. The second-order valence-corrected chi connectivity index (χ2v) is 1.05. The monoisotopic (exact) mass is 128 g/mol. The lowest BCUT2D eigenvalue weighted by Crippen LogP contribution is -1.85. The minimum absolute atomic E-state index is 0.157.